The second-order valence-corrected chi connectivity index (χ2v) is 8.04. The van der Waals surface area contributed by atoms with Gasteiger partial charge in [-0.15, -0.1) is 0 Å². The van der Waals surface area contributed by atoms with Gasteiger partial charge in [0.25, 0.3) is 0 Å². The summed E-state index contributed by atoms with van der Waals surface area (Å²) < 4.78 is 51.6. The summed E-state index contributed by atoms with van der Waals surface area (Å²) in [5.74, 6) is 0.618. The van der Waals surface area contributed by atoms with Gasteiger partial charge in [-0.2, -0.15) is 13.2 Å². The van der Waals surface area contributed by atoms with Crippen LogP contribution < -0.4 is 19.7 Å². The van der Waals surface area contributed by atoms with Crippen molar-refractivity contribution in [3.05, 3.63) is 53.7 Å². The largest absolute Gasteiger partial charge is 0.497 e. The number of nitrogens with zero attached hydrogens (tertiary/aromatic N) is 3. The number of alkyl halides is 3. The number of benzene rings is 2. The Morgan fingerprint density at radius 2 is 1.74 bits per heavy atom. The lowest BCUT2D eigenvalue weighted by Crippen LogP contribution is -2.41. The fourth-order valence-corrected chi connectivity index (χ4v) is 4.08. The van der Waals surface area contributed by atoms with E-state index in [4.69, 9.17) is 9.47 Å². The number of carbonyl (C=O) groups is 1. The predicted octanol–water partition coefficient (Wildman–Crippen LogP) is 4.20. The molecule has 0 unspecified atom stereocenters. The van der Waals surface area contributed by atoms with Crippen molar-refractivity contribution in [3.8, 4) is 11.5 Å². The van der Waals surface area contributed by atoms with E-state index in [9.17, 15) is 18.0 Å². The van der Waals surface area contributed by atoms with Crippen LogP contribution in [0.15, 0.2) is 42.5 Å². The van der Waals surface area contributed by atoms with Gasteiger partial charge in [0.15, 0.2) is 11.5 Å². The molecule has 180 valence electrons. The van der Waals surface area contributed by atoms with Crippen molar-refractivity contribution in [2.24, 2.45) is 5.92 Å². The average molecular weight is 474 g/mol. The molecule has 10 heteroatoms. The predicted molar refractivity (Wildman–Crippen MR) is 121 cm³/mol. The third kappa shape index (κ3) is 5.00. The highest BCUT2D eigenvalue weighted by atomic mass is 19.4. The molecule has 0 spiro atoms. The number of carbonyl (C=O) groups excluding carboxylic acids is 1. The Bertz CT molecular complexity index is 1180. The van der Waals surface area contributed by atoms with Gasteiger partial charge in [0.05, 0.1) is 25.3 Å². The Morgan fingerprint density at radius 3 is 2.35 bits per heavy atom. The Kier molecular flexibility index (Phi) is 6.76. The van der Waals surface area contributed by atoms with E-state index in [2.05, 4.69) is 15.3 Å². The van der Waals surface area contributed by atoms with Gasteiger partial charge in [-0.3, -0.25) is 4.79 Å². The molecule has 0 atom stereocenters. The Hall–Kier alpha value is -3.56. The van der Waals surface area contributed by atoms with Crippen molar-refractivity contribution in [1.29, 1.82) is 0 Å². The van der Waals surface area contributed by atoms with Crippen LogP contribution in [0.5, 0.6) is 11.5 Å². The third-order valence-electron chi connectivity index (χ3n) is 5.93. The van der Waals surface area contributed by atoms with Crippen LogP contribution in [0.1, 0.15) is 24.1 Å². The van der Waals surface area contributed by atoms with Crippen molar-refractivity contribution in [1.82, 2.24) is 15.3 Å². The summed E-state index contributed by atoms with van der Waals surface area (Å²) in [5.41, 5.74) is 0.400. The lowest BCUT2D eigenvalue weighted by molar-refractivity contribution is -0.140. The number of nitrogens with one attached hydrogen (secondary N) is 1. The summed E-state index contributed by atoms with van der Waals surface area (Å²) in [6, 6.07) is 11.8. The lowest BCUT2D eigenvalue weighted by atomic mass is 9.95. The number of amides is 1. The number of fused-ring (bicyclic) bond motifs is 1. The van der Waals surface area contributed by atoms with Crippen LogP contribution in [0, 0.1) is 5.92 Å². The van der Waals surface area contributed by atoms with E-state index in [-0.39, 0.29) is 42.8 Å². The second kappa shape index (κ2) is 9.74. The molecular weight excluding hydrogens is 449 g/mol. The van der Waals surface area contributed by atoms with Crippen LogP contribution in [0.2, 0.25) is 0 Å². The molecule has 1 saturated heterocycles. The highest BCUT2D eigenvalue weighted by molar-refractivity contribution is 5.79. The zero-order valence-electron chi connectivity index (χ0n) is 18.9. The number of rotatable bonds is 6. The zero-order valence-corrected chi connectivity index (χ0v) is 18.9. The first-order valence-corrected chi connectivity index (χ1v) is 10.9. The molecule has 0 aliphatic carbocycles. The van der Waals surface area contributed by atoms with Crippen molar-refractivity contribution >= 4 is 22.8 Å². The first kappa shape index (κ1) is 23.6. The maximum atomic E-state index is 13.7. The molecule has 0 bridgehead atoms. The maximum Gasteiger partial charge on any atom is 0.437 e. The molecule has 4 rings (SSSR count). The molecule has 1 N–H and O–H groups in total. The number of ether oxygens (including phenoxy) is 2. The SMILES string of the molecule is COc1ccc(CNC(=O)C2CCN(c3nc4ccccc4nc3C(F)(F)F)CC2)c(OC)c1. The summed E-state index contributed by atoms with van der Waals surface area (Å²) in [6.07, 6.45) is -3.80. The molecule has 0 radical (unpaired) electrons. The van der Waals surface area contributed by atoms with E-state index in [1.165, 1.54) is 6.07 Å². The number of methoxy groups -OCH3 is 2. The van der Waals surface area contributed by atoms with E-state index in [0.29, 0.717) is 29.9 Å². The van der Waals surface area contributed by atoms with E-state index >= 15 is 0 Å². The zero-order chi connectivity index (χ0) is 24.3. The summed E-state index contributed by atoms with van der Waals surface area (Å²) in [7, 11) is 3.10. The van der Waals surface area contributed by atoms with Crippen molar-refractivity contribution in [2.45, 2.75) is 25.6 Å². The molecule has 2 heterocycles. The first-order valence-electron chi connectivity index (χ1n) is 10.9. The maximum absolute atomic E-state index is 13.7. The standard InChI is InChI=1S/C24H25F3N4O3/c1-33-17-8-7-16(20(13-17)34-2)14-28-23(32)15-9-11-31(12-10-15)22-21(24(25,26)27)29-18-5-3-4-6-19(18)30-22/h3-8,13,15H,9-12,14H2,1-2H3,(H,28,32). The van der Waals surface area contributed by atoms with Crippen LogP contribution >= 0.6 is 0 Å². The molecule has 34 heavy (non-hydrogen) atoms. The van der Waals surface area contributed by atoms with Gasteiger partial charge in [0, 0.05) is 37.2 Å². The molecule has 7 nitrogen and oxygen atoms in total. The quantitative estimate of drug-likeness (QED) is 0.577. The summed E-state index contributed by atoms with van der Waals surface area (Å²) in [5, 5.41) is 2.91. The van der Waals surface area contributed by atoms with Crippen molar-refractivity contribution in [3.63, 3.8) is 0 Å². The molecule has 2 aromatic carbocycles. The second-order valence-electron chi connectivity index (χ2n) is 8.04. The molecule has 1 aromatic heterocycles. The van der Waals surface area contributed by atoms with E-state index < -0.39 is 11.9 Å². The minimum atomic E-state index is -4.63. The van der Waals surface area contributed by atoms with Crippen LogP contribution in [0.4, 0.5) is 19.0 Å². The van der Waals surface area contributed by atoms with Crippen molar-refractivity contribution < 1.29 is 27.4 Å². The summed E-state index contributed by atoms with van der Waals surface area (Å²) >= 11 is 0. The highest BCUT2D eigenvalue weighted by Crippen LogP contribution is 2.36. The van der Waals surface area contributed by atoms with Crippen LogP contribution in [-0.4, -0.2) is 43.2 Å². The summed E-state index contributed by atoms with van der Waals surface area (Å²) in [6.45, 7) is 0.834. The fourth-order valence-electron chi connectivity index (χ4n) is 4.08. The van der Waals surface area contributed by atoms with E-state index in [0.717, 1.165) is 5.56 Å². The normalized spacial score (nSPS) is 14.8. The molecule has 1 aliphatic heterocycles. The number of piperidine rings is 1. The fraction of sp³-hybridized carbons (Fsp3) is 0.375. The number of anilines is 1. The topological polar surface area (TPSA) is 76.6 Å². The molecule has 1 amide bonds. The van der Waals surface area contributed by atoms with Gasteiger partial charge in [0.2, 0.25) is 5.91 Å². The van der Waals surface area contributed by atoms with Crippen LogP contribution in [0.3, 0.4) is 0 Å². The lowest BCUT2D eigenvalue weighted by Gasteiger charge is -2.33. The third-order valence-corrected chi connectivity index (χ3v) is 5.93. The molecule has 1 fully saturated rings. The van der Waals surface area contributed by atoms with Gasteiger partial charge in [0.1, 0.15) is 11.5 Å². The average Bonchev–Trinajstić information content (AvgIpc) is 2.85. The van der Waals surface area contributed by atoms with Gasteiger partial charge in [-0.05, 0) is 37.1 Å². The number of aromatic nitrogens is 2. The molecule has 1 aliphatic rings. The van der Waals surface area contributed by atoms with Crippen LogP contribution in [-0.2, 0) is 17.5 Å². The minimum absolute atomic E-state index is 0.141. The summed E-state index contributed by atoms with van der Waals surface area (Å²) in [4.78, 5) is 22.4. The number of hydrogen-bond acceptors (Lipinski definition) is 6. The number of para-hydroxylation sites is 2. The Balaban J connectivity index is 1.42. The monoisotopic (exact) mass is 474 g/mol. The number of halogens is 3. The smallest absolute Gasteiger partial charge is 0.437 e. The molecular formula is C24H25F3N4O3. The Morgan fingerprint density at radius 1 is 1.06 bits per heavy atom. The van der Waals surface area contributed by atoms with E-state index in [1.807, 2.05) is 6.07 Å². The van der Waals surface area contributed by atoms with Gasteiger partial charge < -0.3 is 19.7 Å². The number of hydrogen-bond donors (Lipinski definition) is 1. The molecule has 0 saturated carbocycles. The first-order chi connectivity index (χ1) is 16.3. The Labute approximate surface area is 194 Å². The van der Waals surface area contributed by atoms with Gasteiger partial charge >= 0.3 is 6.18 Å². The van der Waals surface area contributed by atoms with Gasteiger partial charge in [-0.1, -0.05) is 12.1 Å². The minimum Gasteiger partial charge on any atom is -0.497 e. The highest BCUT2D eigenvalue weighted by Gasteiger charge is 2.39. The molecule has 3 aromatic rings. The van der Waals surface area contributed by atoms with Crippen molar-refractivity contribution in [2.75, 3.05) is 32.2 Å². The van der Waals surface area contributed by atoms with E-state index in [1.54, 1.807) is 49.5 Å². The van der Waals surface area contributed by atoms with Gasteiger partial charge in [-0.25, -0.2) is 9.97 Å². The van der Waals surface area contributed by atoms with Crippen LogP contribution in [0.25, 0.3) is 11.0 Å².